The van der Waals surface area contributed by atoms with Crippen molar-refractivity contribution in [1.29, 1.82) is 0 Å². The van der Waals surface area contributed by atoms with Gasteiger partial charge in [0.25, 0.3) is 0 Å². The van der Waals surface area contributed by atoms with Crippen molar-refractivity contribution in [3.63, 3.8) is 0 Å². The summed E-state index contributed by atoms with van der Waals surface area (Å²) >= 11 is 14.3. The lowest BCUT2D eigenvalue weighted by Gasteiger charge is -2.49. The molecule has 2 aliphatic heterocycles. The first-order valence-corrected chi connectivity index (χ1v) is 19.1. The number of carbonyl (C=O) groups is 4. The van der Waals surface area contributed by atoms with Gasteiger partial charge in [0, 0.05) is 33.8 Å². The molecule has 4 aliphatic rings. The summed E-state index contributed by atoms with van der Waals surface area (Å²) in [6.07, 6.45) is 2.52. The molecule has 9 rings (SSSR count). The van der Waals surface area contributed by atoms with E-state index in [0.29, 0.717) is 39.2 Å². The Morgan fingerprint density at radius 3 is 2.45 bits per heavy atom. The van der Waals surface area contributed by atoms with E-state index >= 15 is 4.79 Å². The van der Waals surface area contributed by atoms with Crippen LogP contribution in [0, 0.1) is 42.9 Å². The highest BCUT2D eigenvalue weighted by Gasteiger charge is 2.68. The molecule has 1 saturated carbocycles. The van der Waals surface area contributed by atoms with Crippen LogP contribution < -0.4 is 9.80 Å². The summed E-state index contributed by atoms with van der Waals surface area (Å²) in [5.41, 5.74) is 3.13. The lowest BCUT2D eigenvalue weighted by atomic mass is 9.51. The number of phenolic OH excluding ortho intramolecular Hbond substituents is 1. The molecule has 0 bridgehead atoms. The van der Waals surface area contributed by atoms with Gasteiger partial charge in [-0.25, -0.2) is 9.80 Å². The van der Waals surface area contributed by atoms with Gasteiger partial charge in [0.15, 0.2) is 0 Å². The molecule has 2 saturated heterocycles. The first kappa shape index (κ1) is 34.0. The fourth-order valence-electron chi connectivity index (χ4n) is 9.51. The zero-order valence-electron chi connectivity index (χ0n) is 29.3. The summed E-state index contributed by atoms with van der Waals surface area (Å²) in [4.78, 5) is 61.6. The van der Waals surface area contributed by atoms with Crippen LogP contribution in [-0.2, 0) is 26.2 Å². The molecule has 268 valence electrons. The van der Waals surface area contributed by atoms with Gasteiger partial charge in [0.05, 0.1) is 33.7 Å². The van der Waals surface area contributed by atoms with Gasteiger partial charge in [-0.05, 0) is 104 Å². The molecule has 0 radical (unpaired) electrons. The third-order valence-electron chi connectivity index (χ3n) is 12.1. The molecular weight excluding hydrogens is 731 g/mol. The van der Waals surface area contributed by atoms with E-state index in [4.69, 9.17) is 28.3 Å². The quantitative estimate of drug-likeness (QED) is 0.145. The van der Waals surface area contributed by atoms with Crippen molar-refractivity contribution >= 4 is 79.8 Å². The summed E-state index contributed by atoms with van der Waals surface area (Å²) in [5.74, 6) is -4.31. The van der Waals surface area contributed by atoms with Crippen LogP contribution in [0.4, 0.5) is 11.5 Å². The van der Waals surface area contributed by atoms with E-state index in [-0.39, 0.29) is 35.8 Å². The molecule has 4 amide bonds. The van der Waals surface area contributed by atoms with E-state index in [1.165, 1.54) is 9.80 Å². The Labute approximate surface area is 319 Å². The normalized spacial score (nSPS) is 26.7. The van der Waals surface area contributed by atoms with Crippen molar-refractivity contribution in [3.05, 3.63) is 105 Å². The van der Waals surface area contributed by atoms with Crippen LogP contribution in [0.5, 0.6) is 5.75 Å². The van der Waals surface area contributed by atoms with Gasteiger partial charge in [0.2, 0.25) is 23.6 Å². The number of hydrogen-bond acceptors (Lipinski definition) is 7. The zero-order chi connectivity index (χ0) is 37.2. The number of amides is 4. The smallest absolute Gasteiger partial charge is 0.242 e. The summed E-state index contributed by atoms with van der Waals surface area (Å²) in [6.45, 7) is 5.69. The molecule has 2 aliphatic carbocycles. The van der Waals surface area contributed by atoms with Crippen molar-refractivity contribution in [2.24, 2.45) is 36.1 Å². The Morgan fingerprint density at radius 2 is 1.70 bits per heavy atom. The van der Waals surface area contributed by atoms with E-state index in [9.17, 15) is 19.5 Å². The van der Waals surface area contributed by atoms with Gasteiger partial charge in [-0.3, -0.25) is 23.9 Å². The molecule has 6 atom stereocenters. The van der Waals surface area contributed by atoms with Crippen LogP contribution in [0.15, 0.2) is 78.4 Å². The van der Waals surface area contributed by atoms with Gasteiger partial charge in [-0.2, -0.15) is 5.10 Å². The lowest BCUT2D eigenvalue weighted by molar-refractivity contribution is -0.131. The Hall–Kier alpha value is -4.77. The number of aromatic hydroxyl groups is 1. The highest BCUT2D eigenvalue weighted by Crippen LogP contribution is 2.64. The second-order valence-corrected chi connectivity index (χ2v) is 16.8. The van der Waals surface area contributed by atoms with Crippen molar-refractivity contribution in [3.8, 4) is 16.3 Å². The first-order valence-electron chi connectivity index (χ1n) is 17.5. The van der Waals surface area contributed by atoms with Gasteiger partial charge in [-0.1, -0.05) is 53.1 Å². The van der Waals surface area contributed by atoms with Crippen molar-refractivity contribution in [1.82, 2.24) is 9.78 Å². The summed E-state index contributed by atoms with van der Waals surface area (Å²) in [7, 11) is 1.72. The van der Waals surface area contributed by atoms with Crippen LogP contribution in [0.25, 0.3) is 20.7 Å². The SMILES string of the molecule is Cc1ccc(N2C(=O)C3CC=C4C(CC5C(=O)N(c6cc(-c7sc8ccc(Cl)cc8c7C)nn6C)C(=O)C5(C)C4c4cccc(O)c4)C3C2=O)cc1Cl. The Bertz CT molecular complexity index is 2500. The molecule has 4 heterocycles. The number of thiophene rings is 1. The standard InChI is InChI=1S/C41H34Cl2N4O5S/c1-19-8-10-23(16-30(19)43)46-37(49)26-12-11-25-28(34(26)39(46)51)17-29-38(50)47(40(52)41(29,3)35(25)21-6-5-7-24(48)14-21)33-18-31(44-45(33)4)36-20(2)27-15-22(42)9-13-32(27)53-36/h5-11,13-16,18,26,28-29,34-35,48H,12,17H2,1-4H3. The number of benzene rings is 3. The van der Waals surface area contributed by atoms with Crippen LogP contribution in [-0.4, -0.2) is 38.5 Å². The minimum absolute atomic E-state index is 0.0264. The number of rotatable bonds is 4. The van der Waals surface area contributed by atoms with Crippen LogP contribution in [0.2, 0.25) is 10.0 Å². The molecule has 0 spiro atoms. The summed E-state index contributed by atoms with van der Waals surface area (Å²) in [6, 6.07) is 19.4. The third kappa shape index (κ3) is 4.78. The largest absolute Gasteiger partial charge is 0.508 e. The third-order valence-corrected chi connectivity index (χ3v) is 14.0. The number of fused-ring (bicyclic) bond motifs is 5. The number of aryl methyl sites for hydroxylation is 3. The predicted molar refractivity (Wildman–Crippen MR) is 205 cm³/mol. The number of imide groups is 2. The molecule has 12 heteroatoms. The lowest BCUT2D eigenvalue weighted by Crippen LogP contribution is -2.48. The molecule has 3 aromatic carbocycles. The molecule has 6 unspecified atom stereocenters. The van der Waals surface area contributed by atoms with Crippen LogP contribution >= 0.6 is 34.5 Å². The molecule has 5 aromatic rings. The fraction of sp³-hybridized carbons (Fsp3) is 0.293. The maximum Gasteiger partial charge on any atom is 0.242 e. The first-order chi connectivity index (χ1) is 25.3. The van der Waals surface area contributed by atoms with Gasteiger partial charge >= 0.3 is 0 Å². The second-order valence-electron chi connectivity index (χ2n) is 14.9. The number of phenols is 1. The fourth-order valence-corrected chi connectivity index (χ4v) is 11.0. The Balaban J connectivity index is 1.14. The number of allylic oxidation sites excluding steroid dienone is 2. The number of hydrogen-bond donors (Lipinski definition) is 1. The molecular formula is C41H34Cl2N4O5S. The maximum absolute atomic E-state index is 15.0. The van der Waals surface area contributed by atoms with Crippen molar-refractivity contribution in [2.75, 3.05) is 9.80 Å². The highest BCUT2D eigenvalue weighted by atomic mass is 35.5. The van der Waals surface area contributed by atoms with E-state index in [1.54, 1.807) is 65.5 Å². The molecule has 3 fully saturated rings. The average Bonchev–Trinajstić information content (AvgIpc) is 3.79. The van der Waals surface area contributed by atoms with Gasteiger partial charge < -0.3 is 5.11 Å². The molecule has 1 N–H and O–H groups in total. The zero-order valence-corrected chi connectivity index (χ0v) is 31.6. The monoisotopic (exact) mass is 764 g/mol. The minimum Gasteiger partial charge on any atom is -0.508 e. The van der Waals surface area contributed by atoms with E-state index in [2.05, 4.69) is 0 Å². The highest BCUT2D eigenvalue weighted by molar-refractivity contribution is 7.22. The topological polar surface area (TPSA) is 113 Å². The van der Waals surface area contributed by atoms with Crippen molar-refractivity contribution < 1.29 is 24.3 Å². The number of halogens is 2. The number of carbonyl (C=O) groups excluding carboxylic acids is 4. The Kier molecular flexibility index (Phi) is 7.62. The summed E-state index contributed by atoms with van der Waals surface area (Å²) < 4.78 is 2.62. The van der Waals surface area contributed by atoms with E-state index in [0.717, 1.165) is 31.7 Å². The maximum atomic E-state index is 15.0. The number of aromatic nitrogens is 2. The predicted octanol–water partition coefficient (Wildman–Crippen LogP) is 8.37. The summed E-state index contributed by atoms with van der Waals surface area (Å²) in [5, 5.41) is 17.6. The van der Waals surface area contributed by atoms with E-state index in [1.807, 2.05) is 51.1 Å². The van der Waals surface area contributed by atoms with Crippen LogP contribution in [0.3, 0.4) is 0 Å². The molecule has 9 nitrogen and oxygen atoms in total. The number of anilines is 2. The van der Waals surface area contributed by atoms with Gasteiger partial charge in [0.1, 0.15) is 17.3 Å². The van der Waals surface area contributed by atoms with Crippen LogP contribution in [0.1, 0.15) is 42.4 Å². The molecule has 53 heavy (non-hydrogen) atoms. The Morgan fingerprint density at radius 1 is 0.906 bits per heavy atom. The van der Waals surface area contributed by atoms with Crippen molar-refractivity contribution in [2.45, 2.75) is 39.5 Å². The minimum atomic E-state index is -1.26. The average molecular weight is 766 g/mol. The van der Waals surface area contributed by atoms with E-state index < -0.39 is 35.0 Å². The second kappa shape index (κ2) is 11.9. The number of nitrogens with zero attached hydrogens (tertiary/aromatic N) is 4. The van der Waals surface area contributed by atoms with Gasteiger partial charge in [-0.15, -0.1) is 11.3 Å². The molecule has 2 aromatic heterocycles.